The number of carbonyl (C=O) groups excluding carboxylic acids is 1. The molecule has 3 heteroatoms. The quantitative estimate of drug-likeness (QED) is 0.613. The topological polar surface area (TPSA) is 17.1 Å². The van der Waals surface area contributed by atoms with Crippen LogP contribution in [-0.2, 0) is 0 Å². The Bertz CT molecular complexity index is 273. The van der Waals surface area contributed by atoms with Crippen LogP contribution in [0.15, 0.2) is 24.3 Å². The third-order valence-corrected chi connectivity index (χ3v) is 2.32. The van der Waals surface area contributed by atoms with Gasteiger partial charge in [-0.15, -0.1) is 11.2 Å². The van der Waals surface area contributed by atoms with Crippen molar-refractivity contribution >= 4 is 25.7 Å². The molecule has 0 heterocycles. The fraction of sp³-hybridized carbons (Fsp3) is 0.125. The summed E-state index contributed by atoms with van der Waals surface area (Å²) >= 11 is 1.05. The SMILES string of the molecule is Cc1cccc(C(=O)S[Si])c1. The van der Waals surface area contributed by atoms with E-state index in [0.717, 1.165) is 22.3 Å². The van der Waals surface area contributed by atoms with Crippen LogP contribution in [0.4, 0.5) is 0 Å². The normalized spacial score (nSPS) is 9.64. The summed E-state index contributed by atoms with van der Waals surface area (Å²) < 4.78 is 0. The first-order valence-electron chi connectivity index (χ1n) is 3.18. The summed E-state index contributed by atoms with van der Waals surface area (Å²) in [5.74, 6) is 0. The number of hydrogen-bond donors (Lipinski definition) is 0. The van der Waals surface area contributed by atoms with Gasteiger partial charge in [0.15, 0.2) is 0 Å². The van der Waals surface area contributed by atoms with Crippen LogP contribution >= 0.6 is 11.2 Å². The van der Waals surface area contributed by atoms with E-state index in [-0.39, 0.29) is 5.12 Å². The molecule has 1 rings (SSSR count). The highest BCUT2D eigenvalue weighted by Gasteiger charge is 2.01. The predicted molar refractivity (Wildman–Crippen MR) is 48.9 cm³/mol. The molecule has 0 unspecified atom stereocenters. The highest BCUT2D eigenvalue weighted by atomic mass is 32.4. The molecule has 0 aliphatic rings. The van der Waals surface area contributed by atoms with Crippen LogP contribution in [0.2, 0.25) is 0 Å². The highest BCUT2D eigenvalue weighted by Crippen LogP contribution is 2.09. The van der Waals surface area contributed by atoms with E-state index in [0.29, 0.717) is 0 Å². The lowest BCUT2D eigenvalue weighted by Crippen LogP contribution is -1.91. The van der Waals surface area contributed by atoms with Crippen LogP contribution in [0.3, 0.4) is 0 Å². The maximum Gasteiger partial charge on any atom is 0.212 e. The van der Waals surface area contributed by atoms with Crippen molar-refractivity contribution in [2.75, 3.05) is 0 Å². The van der Waals surface area contributed by atoms with Crippen molar-refractivity contribution < 1.29 is 4.79 Å². The molecule has 0 aliphatic heterocycles. The van der Waals surface area contributed by atoms with Gasteiger partial charge in [-0.2, -0.15) is 0 Å². The Balaban J connectivity index is 2.96. The van der Waals surface area contributed by atoms with Crippen LogP contribution in [0, 0.1) is 6.92 Å². The molecule has 1 aromatic carbocycles. The molecular formula is C8H7OSSi. The van der Waals surface area contributed by atoms with E-state index in [2.05, 4.69) is 9.39 Å². The lowest BCUT2D eigenvalue weighted by atomic mass is 10.2. The Morgan fingerprint density at radius 3 is 2.82 bits per heavy atom. The summed E-state index contributed by atoms with van der Waals surface area (Å²) in [7, 11) is 3.09. The molecule has 0 N–H and O–H groups in total. The van der Waals surface area contributed by atoms with Gasteiger partial charge in [0, 0.05) is 5.56 Å². The Kier molecular flexibility index (Phi) is 2.90. The van der Waals surface area contributed by atoms with Gasteiger partial charge in [0.05, 0.1) is 0 Å². The molecule has 1 nitrogen and oxygen atoms in total. The van der Waals surface area contributed by atoms with E-state index in [1.165, 1.54) is 0 Å². The molecule has 0 saturated carbocycles. The fourth-order valence-electron chi connectivity index (χ4n) is 0.831. The van der Waals surface area contributed by atoms with Crippen molar-refractivity contribution in [3.05, 3.63) is 35.4 Å². The zero-order valence-electron chi connectivity index (χ0n) is 6.13. The maximum absolute atomic E-state index is 11.1. The van der Waals surface area contributed by atoms with Gasteiger partial charge in [-0.3, -0.25) is 4.79 Å². The van der Waals surface area contributed by atoms with Gasteiger partial charge in [-0.05, 0) is 13.0 Å². The standard InChI is InChI=1S/C8H7OSSi/c1-6-3-2-4-7(5-6)8(9)10-11/h2-5H,1H3. The minimum absolute atomic E-state index is 0.0466. The minimum Gasteiger partial charge on any atom is -0.282 e. The second-order valence-corrected chi connectivity index (χ2v) is 3.45. The molecule has 3 radical (unpaired) electrons. The Hall–Kier alpha value is -0.543. The van der Waals surface area contributed by atoms with E-state index in [4.69, 9.17) is 0 Å². The van der Waals surface area contributed by atoms with Crippen molar-refractivity contribution in [3.8, 4) is 0 Å². The Labute approximate surface area is 73.3 Å². The molecule has 0 spiro atoms. The van der Waals surface area contributed by atoms with Crippen molar-refractivity contribution in [1.29, 1.82) is 0 Å². The number of carbonyl (C=O) groups is 1. The largest absolute Gasteiger partial charge is 0.282 e. The monoisotopic (exact) mass is 179 g/mol. The summed E-state index contributed by atoms with van der Waals surface area (Å²) in [6.45, 7) is 1.97. The minimum atomic E-state index is 0.0466. The van der Waals surface area contributed by atoms with Crippen LogP contribution in [0.1, 0.15) is 15.9 Å². The molecule has 0 saturated heterocycles. The van der Waals surface area contributed by atoms with E-state index < -0.39 is 0 Å². The summed E-state index contributed by atoms with van der Waals surface area (Å²) in [4.78, 5) is 11.1. The molecule has 55 valence electrons. The maximum atomic E-state index is 11.1. The molecule has 11 heavy (non-hydrogen) atoms. The van der Waals surface area contributed by atoms with Gasteiger partial charge in [0.2, 0.25) is 5.12 Å². The molecular weight excluding hydrogens is 172 g/mol. The van der Waals surface area contributed by atoms with Crippen molar-refractivity contribution in [2.24, 2.45) is 0 Å². The zero-order chi connectivity index (χ0) is 8.27. The van der Waals surface area contributed by atoms with Gasteiger partial charge in [-0.1, -0.05) is 23.8 Å². The number of rotatable bonds is 1. The average Bonchev–Trinajstić information content (AvgIpc) is 2.03. The first-order valence-corrected chi connectivity index (χ1v) is 5.22. The molecule has 0 fully saturated rings. The number of benzene rings is 1. The molecule has 0 amide bonds. The number of hydrogen-bond acceptors (Lipinski definition) is 2. The average molecular weight is 179 g/mol. The summed E-state index contributed by atoms with van der Waals surface area (Å²) in [5, 5.41) is 0.0466. The van der Waals surface area contributed by atoms with Gasteiger partial charge in [0.1, 0.15) is 9.39 Å². The molecule has 0 bridgehead atoms. The second kappa shape index (κ2) is 3.73. The summed E-state index contributed by atoms with van der Waals surface area (Å²) in [6, 6.07) is 7.53. The van der Waals surface area contributed by atoms with E-state index in [1.807, 2.05) is 31.2 Å². The zero-order valence-corrected chi connectivity index (χ0v) is 7.94. The van der Waals surface area contributed by atoms with Crippen LogP contribution in [-0.4, -0.2) is 14.5 Å². The smallest absolute Gasteiger partial charge is 0.212 e. The lowest BCUT2D eigenvalue weighted by Gasteiger charge is -1.97. The van der Waals surface area contributed by atoms with Crippen LogP contribution in [0.25, 0.3) is 0 Å². The lowest BCUT2D eigenvalue weighted by molar-refractivity contribution is 0.109. The first kappa shape index (κ1) is 8.55. The van der Waals surface area contributed by atoms with Crippen LogP contribution in [0.5, 0.6) is 0 Å². The third kappa shape index (κ3) is 2.20. The molecule has 1 aromatic rings. The third-order valence-electron chi connectivity index (χ3n) is 1.35. The van der Waals surface area contributed by atoms with Crippen LogP contribution < -0.4 is 0 Å². The highest BCUT2D eigenvalue weighted by molar-refractivity contribution is 8.31. The Morgan fingerprint density at radius 1 is 1.55 bits per heavy atom. The van der Waals surface area contributed by atoms with E-state index in [9.17, 15) is 4.79 Å². The molecule has 0 aliphatic carbocycles. The van der Waals surface area contributed by atoms with Gasteiger partial charge >= 0.3 is 0 Å². The summed E-state index contributed by atoms with van der Waals surface area (Å²) in [6.07, 6.45) is 0. The van der Waals surface area contributed by atoms with Gasteiger partial charge in [0.25, 0.3) is 0 Å². The van der Waals surface area contributed by atoms with Crippen molar-refractivity contribution in [1.82, 2.24) is 0 Å². The van der Waals surface area contributed by atoms with E-state index >= 15 is 0 Å². The van der Waals surface area contributed by atoms with Gasteiger partial charge < -0.3 is 0 Å². The fourth-order valence-corrected chi connectivity index (χ4v) is 1.43. The van der Waals surface area contributed by atoms with Crippen molar-refractivity contribution in [3.63, 3.8) is 0 Å². The summed E-state index contributed by atoms with van der Waals surface area (Å²) in [5.41, 5.74) is 1.85. The van der Waals surface area contributed by atoms with E-state index in [1.54, 1.807) is 0 Å². The van der Waals surface area contributed by atoms with Crippen molar-refractivity contribution in [2.45, 2.75) is 6.92 Å². The molecule has 0 aromatic heterocycles. The van der Waals surface area contributed by atoms with Gasteiger partial charge in [-0.25, -0.2) is 0 Å². The Morgan fingerprint density at radius 2 is 2.27 bits per heavy atom. The second-order valence-electron chi connectivity index (χ2n) is 2.26. The predicted octanol–water partition coefficient (Wildman–Crippen LogP) is 1.95. The first-order chi connectivity index (χ1) is 5.24. The molecule has 0 atom stereocenters. The number of aryl methyl sites for hydroxylation is 1.